The summed E-state index contributed by atoms with van der Waals surface area (Å²) in [5.41, 5.74) is -3.10. The molecule has 0 saturated carbocycles. The van der Waals surface area contributed by atoms with Crippen LogP contribution in [-0.4, -0.2) is 51.7 Å². The van der Waals surface area contributed by atoms with E-state index in [0.717, 1.165) is 4.90 Å². The van der Waals surface area contributed by atoms with Crippen LogP contribution in [0.5, 0.6) is 0 Å². The van der Waals surface area contributed by atoms with Gasteiger partial charge in [-0.2, -0.15) is 13.2 Å². The number of para-hydroxylation sites is 1. The number of rotatable bonds is 7. The molecule has 10 heteroatoms. The van der Waals surface area contributed by atoms with E-state index < -0.39 is 35.1 Å². The number of amides is 1. The maximum atomic E-state index is 13.6. The predicted octanol–water partition coefficient (Wildman–Crippen LogP) is 2.76. The minimum Gasteiger partial charge on any atom is -0.481 e. The zero-order chi connectivity index (χ0) is 19.5. The molecule has 6 nitrogen and oxygen atoms in total. The van der Waals surface area contributed by atoms with Gasteiger partial charge in [0.15, 0.2) is 0 Å². The van der Waals surface area contributed by atoms with Crippen molar-refractivity contribution < 1.29 is 33.0 Å². The minimum absolute atomic E-state index is 0.0289. The van der Waals surface area contributed by atoms with Gasteiger partial charge >= 0.3 is 12.1 Å². The number of alkyl halides is 3. The van der Waals surface area contributed by atoms with E-state index >= 15 is 0 Å². The molecule has 0 aliphatic heterocycles. The number of carboxylic acid groups (broad SMARTS) is 1. The molecule has 0 radical (unpaired) electrons. The van der Waals surface area contributed by atoms with Crippen molar-refractivity contribution in [3.63, 3.8) is 0 Å². The fourth-order valence-corrected chi connectivity index (χ4v) is 3.37. The second-order valence-corrected chi connectivity index (χ2v) is 6.86. The summed E-state index contributed by atoms with van der Waals surface area (Å²) in [6.45, 7) is -0.0289. The lowest BCUT2D eigenvalue weighted by molar-refractivity contribution is -0.268. The van der Waals surface area contributed by atoms with Crippen LogP contribution >= 0.6 is 11.3 Å². The summed E-state index contributed by atoms with van der Waals surface area (Å²) in [5.74, 6) is -2.01. The van der Waals surface area contributed by atoms with Crippen molar-refractivity contribution in [2.75, 3.05) is 13.6 Å². The van der Waals surface area contributed by atoms with Crippen LogP contribution < -0.4 is 0 Å². The number of fused-ring (bicyclic) bond motifs is 1. The van der Waals surface area contributed by atoms with Crippen LogP contribution in [0.3, 0.4) is 0 Å². The van der Waals surface area contributed by atoms with E-state index in [4.69, 9.17) is 5.11 Å². The highest BCUT2D eigenvalue weighted by molar-refractivity contribution is 7.18. The summed E-state index contributed by atoms with van der Waals surface area (Å²) in [6, 6.07) is 6.34. The molecule has 2 rings (SSSR count). The Morgan fingerprint density at radius 1 is 1.27 bits per heavy atom. The molecule has 1 heterocycles. The van der Waals surface area contributed by atoms with Crippen LogP contribution in [0.2, 0.25) is 0 Å². The Bertz CT molecular complexity index is 775. The van der Waals surface area contributed by atoms with Gasteiger partial charge in [-0.05, 0) is 18.6 Å². The van der Waals surface area contributed by atoms with Gasteiger partial charge in [0.25, 0.3) is 0 Å². The fourth-order valence-electron chi connectivity index (χ4n) is 2.29. The summed E-state index contributed by atoms with van der Waals surface area (Å²) >= 11 is 0.677. The first-order valence-electron chi connectivity index (χ1n) is 7.65. The Morgan fingerprint density at radius 2 is 1.92 bits per heavy atom. The number of hydrogen-bond acceptors (Lipinski definition) is 5. The second kappa shape index (κ2) is 7.58. The number of aliphatic carboxylic acids is 1. The number of aromatic nitrogens is 1. The Balaban J connectivity index is 2.24. The molecule has 2 aromatic rings. The zero-order valence-electron chi connectivity index (χ0n) is 13.8. The smallest absolute Gasteiger partial charge is 0.424 e. The average Bonchev–Trinajstić information content (AvgIpc) is 2.97. The van der Waals surface area contributed by atoms with Gasteiger partial charge in [0.2, 0.25) is 11.5 Å². The fraction of sp³-hybridized carbons (Fsp3) is 0.438. The summed E-state index contributed by atoms with van der Waals surface area (Å²) in [6.07, 6.45) is -6.43. The van der Waals surface area contributed by atoms with Gasteiger partial charge in [0.05, 0.1) is 16.6 Å². The maximum absolute atomic E-state index is 13.6. The van der Waals surface area contributed by atoms with Crippen LogP contribution in [0, 0.1) is 0 Å². The van der Waals surface area contributed by atoms with E-state index in [0.29, 0.717) is 21.6 Å². The highest BCUT2D eigenvalue weighted by atomic mass is 32.1. The van der Waals surface area contributed by atoms with Gasteiger partial charge in [-0.15, -0.1) is 11.3 Å². The number of benzene rings is 1. The number of carbonyl (C=O) groups excluding carboxylic acids is 1. The molecule has 1 aromatic heterocycles. The monoisotopic (exact) mass is 390 g/mol. The summed E-state index contributed by atoms with van der Waals surface area (Å²) in [5, 5.41) is 18.3. The van der Waals surface area contributed by atoms with Crippen molar-refractivity contribution in [2.24, 2.45) is 0 Å². The Morgan fingerprint density at radius 3 is 2.50 bits per heavy atom. The molecule has 1 aromatic carbocycles. The largest absolute Gasteiger partial charge is 0.481 e. The molecule has 0 aliphatic carbocycles. The highest BCUT2D eigenvalue weighted by Crippen LogP contribution is 2.44. The SMILES string of the molecule is CN(CCCC(=O)O)C(=O)CC(O)(c1nc2ccccc2s1)C(F)(F)F. The van der Waals surface area contributed by atoms with Gasteiger partial charge in [0, 0.05) is 20.0 Å². The number of halogens is 3. The van der Waals surface area contributed by atoms with E-state index in [1.165, 1.54) is 13.1 Å². The van der Waals surface area contributed by atoms with Crippen molar-refractivity contribution in [1.82, 2.24) is 9.88 Å². The third-order valence-electron chi connectivity index (χ3n) is 3.83. The average molecular weight is 390 g/mol. The van der Waals surface area contributed by atoms with Crippen molar-refractivity contribution in [2.45, 2.75) is 31.0 Å². The molecule has 0 saturated heterocycles. The second-order valence-electron chi connectivity index (χ2n) is 5.83. The van der Waals surface area contributed by atoms with Crippen molar-refractivity contribution >= 4 is 33.4 Å². The maximum Gasteiger partial charge on any atom is 0.424 e. The number of carbonyl (C=O) groups is 2. The van der Waals surface area contributed by atoms with Gasteiger partial charge < -0.3 is 15.1 Å². The normalized spacial score (nSPS) is 14.2. The van der Waals surface area contributed by atoms with E-state index in [1.54, 1.807) is 18.2 Å². The quantitative estimate of drug-likeness (QED) is 0.759. The van der Waals surface area contributed by atoms with Crippen LogP contribution in [0.1, 0.15) is 24.3 Å². The molecule has 1 unspecified atom stereocenters. The first-order valence-corrected chi connectivity index (χ1v) is 8.47. The first-order chi connectivity index (χ1) is 12.0. The molecule has 1 atom stereocenters. The van der Waals surface area contributed by atoms with E-state index in [9.17, 15) is 27.9 Å². The molecular weight excluding hydrogens is 373 g/mol. The summed E-state index contributed by atoms with van der Waals surface area (Å²) in [4.78, 5) is 27.5. The molecular formula is C16H17F3N2O4S. The lowest BCUT2D eigenvalue weighted by atomic mass is 9.99. The number of aliphatic hydroxyl groups is 1. The zero-order valence-corrected chi connectivity index (χ0v) is 14.6. The number of hydrogen-bond donors (Lipinski definition) is 2. The standard InChI is InChI=1S/C16H17F3N2O4S/c1-21(8-4-7-13(23)24)12(22)9-15(25,16(17,18)19)14-20-10-5-2-3-6-11(10)26-14/h2-3,5-6,25H,4,7-9H2,1H3,(H,23,24). The van der Waals surface area contributed by atoms with Crippen molar-refractivity contribution in [3.8, 4) is 0 Å². The molecule has 142 valence electrons. The van der Waals surface area contributed by atoms with Crippen LogP contribution in [0.4, 0.5) is 13.2 Å². The van der Waals surface area contributed by atoms with E-state index in [2.05, 4.69) is 4.98 Å². The third kappa shape index (κ3) is 4.31. The number of carboxylic acids is 1. The van der Waals surface area contributed by atoms with Gasteiger partial charge in [-0.25, -0.2) is 4.98 Å². The highest BCUT2D eigenvalue weighted by Gasteiger charge is 2.58. The molecule has 0 spiro atoms. The number of nitrogens with zero attached hydrogens (tertiary/aromatic N) is 2. The molecule has 1 amide bonds. The van der Waals surface area contributed by atoms with Crippen molar-refractivity contribution in [3.05, 3.63) is 29.3 Å². The van der Waals surface area contributed by atoms with Gasteiger partial charge in [-0.1, -0.05) is 12.1 Å². The number of thiazole rings is 1. The van der Waals surface area contributed by atoms with Crippen LogP contribution in [-0.2, 0) is 15.2 Å². The van der Waals surface area contributed by atoms with Gasteiger partial charge in [0.1, 0.15) is 5.01 Å². The topological polar surface area (TPSA) is 90.7 Å². The first kappa shape index (κ1) is 20.1. The molecule has 0 aliphatic rings. The van der Waals surface area contributed by atoms with E-state index in [1.807, 2.05) is 0 Å². The minimum atomic E-state index is -5.10. The third-order valence-corrected chi connectivity index (χ3v) is 5.02. The van der Waals surface area contributed by atoms with Crippen molar-refractivity contribution in [1.29, 1.82) is 0 Å². The lowest BCUT2D eigenvalue weighted by Crippen LogP contribution is -2.46. The van der Waals surface area contributed by atoms with E-state index in [-0.39, 0.29) is 19.4 Å². The van der Waals surface area contributed by atoms with Crippen LogP contribution in [0.25, 0.3) is 10.2 Å². The van der Waals surface area contributed by atoms with Gasteiger partial charge in [-0.3, -0.25) is 9.59 Å². The summed E-state index contributed by atoms with van der Waals surface area (Å²) < 4.78 is 41.2. The summed E-state index contributed by atoms with van der Waals surface area (Å²) in [7, 11) is 1.26. The predicted molar refractivity (Wildman–Crippen MR) is 88.7 cm³/mol. The molecule has 0 fully saturated rings. The molecule has 2 N–H and O–H groups in total. The molecule has 26 heavy (non-hydrogen) atoms. The Kier molecular flexibility index (Phi) is 5.87. The van der Waals surface area contributed by atoms with Crippen LogP contribution in [0.15, 0.2) is 24.3 Å². The Hall–Kier alpha value is -2.20. The molecule has 0 bridgehead atoms. The lowest BCUT2D eigenvalue weighted by Gasteiger charge is -2.29. The Labute approximate surface area is 150 Å².